The van der Waals surface area contributed by atoms with E-state index in [1.807, 2.05) is 0 Å². The summed E-state index contributed by atoms with van der Waals surface area (Å²) in [6.07, 6.45) is 2.13. The van der Waals surface area contributed by atoms with E-state index in [0.29, 0.717) is 0 Å². The first-order chi connectivity index (χ1) is 6.05. The predicted octanol–water partition coefficient (Wildman–Crippen LogP) is -0.854. The highest BCUT2D eigenvalue weighted by atomic mass is 32.2. The highest BCUT2D eigenvalue weighted by Crippen LogP contribution is 2.44. The number of sulfone groups is 1. The molecular formula is C8H15NO3S. The van der Waals surface area contributed by atoms with Crippen molar-refractivity contribution in [1.29, 1.82) is 0 Å². The third-order valence-electron chi connectivity index (χ3n) is 2.97. The minimum atomic E-state index is -2.71. The van der Waals surface area contributed by atoms with E-state index in [1.54, 1.807) is 0 Å². The maximum Gasteiger partial charge on any atom is 0.153 e. The van der Waals surface area contributed by atoms with Gasteiger partial charge in [-0.3, -0.25) is 0 Å². The van der Waals surface area contributed by atoms with Crippen LogP contribution in [-0.4, -0.2) is 44.2 Å². The third kappa shape index (κ3) is 2.03. The number of hydrogen-bond acceptors (Lipinski definition) is 4. The minimum Gasteiger partial charge on any atom is -0.396 e. The highest BCUT2D eigenvalue weighted by molar-refractivity contribution is 7.92. The molecule has 1 aliphatic heterocycles. The van der Waals surface area contributed by atoms with Crippen LogP contribution in [-0.2, 0) is 9.84 Å². The molecule has 0 unspecified atom stereocenters. The van der Waals surface area contributed by atoms with Gasteiger partial charge in [-0.2, -0.15) is 0 Å². The van der Waals surface area contributed by atoms with E-state index in [-0.39, 0.29) is 29.6 Å². The number of nitrogens with one attached hydrogen (secondary N) is 1. The van der Waals surface area contributed by atoms with Gasteiger partial charge in [-0.05, 0) is 12.8 Å². The molecule has 0 radical (unpaired) electrons. The fraction of sp³-hybridized carbons (Fsp3) is 1.00. The lowest BCUT2D eigenvalue weighted by molar-refractivity contribution is 0.205. The molecule has 0 amide bonds. The van der Waals surface area contributed by atoms with Gasteiger partial charge in [0.1, 0.15) is 0 Å². The van der Waals surface area contributed by atoms with Gasteiger partial charge in [-0.1, -0.05) is 0 Å². The second kappa shape index (κ2) is 2.93. The van der Waals surface area contributed by atoms with Crippen LogP contribution in [0.25, 0.3) is 0 Å². The second-order valence-corrected chi connectivity index (χ2v) is 6.47. The van der Waals surface area contributed by atoms with Gasteiger partial charge in [0.25, 0.3) is 0 Å². The first kappa shape index (κ1) is 9.43. The van der Waals surface area contributed by atoms with Crippen molar-refractivity contribution in [1.82, 2.24) is 5.32 Å². The fourth-order valence-corrected chi connectivity index (χ4v) is 2.97. The van der Waals surface area contributed by atoms with Crippen LogP contribution >= 0.6 is 0 Å². The smallest absolute Gasteiger partial charge is 0.153 e. The molecule has 2 fully saturated rings. The van der Waals surface area contributed by atoms with Gasteiger partial charge in [0.2, 0.25) is 0 Å². The van der Waals surface area contributed by atoms with Crippen LogP contribution in [0.2, 0.25) is 0 Å². The summed E-state index contributed by atoms with van der Waals surface area (Å²) < 4.78 is 21.6. The summed E-state index contributed by atoms with van der Waals surface area (Å²) in [6, 6.07) is 0.133. The van der Waals surface area contributed by atoms with Gasteiger partial charge >= 0.3 is 0 Å². The number of rotatable bonds is 4. The molecule has 76 valence electrons. The molecule has 0 bridgehead atoms. The first-order valence-corrected chi connectivity index (χ1v) is 6.42. The van der Waals surface area contributed by atoms with Gasteiger partial charge in [0.15, 0.2) is 9.84 Å². The fourth-order valence-electron chi connectivity index (χ4n) is 1.61. The molecule has 2 rings (SSSR count). The molecule has 1 saturated heterocycles. The largest absolute Gasteiger partial charge is 0.396 e. The second-order valence-electron chi connectivity index (χ2n) is 4.31. The van der Waals surface area contributed by atoms with Crippen molar-refractivity contribution >= 4 is 9.84 Å². The Kier molecular flexibility index (Phi) is 2.13. The van der Waals surface area contributed by atoms with Crippen LogP contribution in [0, 0.1) is 5.41 Å². The maximum atomic E-state index is 10.8. The Bertz CT molecular complexity index is 283. The summed E-state index contributed by atoms with van der Waals surface area (Å²) in [7, 11) is -2.71. The van der Waals surface area contributed by atoms with Crippen molar-refractivity contribution in [2.45, 2.75) is 18.9 Å². The Morgan fingerprint density at radius 2 is 2.00 bits per heavy atom. The average Bonchev–Trinajstić information content (AvgIpc) is 2.77. The zero-order chi connectivity index (χ0) is 9.53. The molecule has 0 aromatic heterocycles. The van der Waals surface area contributed by atoms with E-state index in [4.69, 9.17) is 5.11 Å². The van der Waals surface area contributed by atoms with Crippen molar-refractivity contribution in [3.63, 3.8) is 0 Å². The van der Waals surface area contributed by atoms with Crippen molar-refractivity contribution in [3.05, 3.63) is 0 Å². The molecule has 0 atom stereocenters. The molecule has 1 aliphatic carbocycles. The Balaban J connectivity index is 1.71. The lowest BCUT2D eigenvalue weighted by atomic mass is 10.1. The molecule has 2 N–H and O–H groups in total. The zero-order valence-electron chi connectivity index (χ0n) is 7.49. The third-order valence-corrected chi connectivity index (χ3v) is 4.79. The number of aliphatic hydroxyl groups excluding tert-OH is 1. The lowest BCUT2D eigenvalue weighted by Crippen LogP contribution is -2.52. The lowest BCUT2D eigenvalue weighted by Gasteiger charge is -2.28. The van der Waals surface area contributed by atoms with Gasteiger partial charge in [0, 0.05) is 24.6 Å². The summed E-state index contributed by atoms with van der Waals surface area (Å²) >= 11 is 0. The van der Waals surface area contributed by atoms with Gasteiger partial charge in [0.05, 0.1) is 11.5 Å². The first-order valence-electron chi connectivity index (χ1n) is 4.60. The van der Waals surface area contributed by atoms with Gasteiger partial charge in [-0.15, -0.1) is 0 Å². The van der Waals surface area contributed by atoms with Crippen molar-refractivity contribution in [3.8, 4) is 0 Å². The van der Waals surface area contributed by atoms with E-state index >= 15 is 0 Å². The van der Waals surface area contributed by atoms with Crippen LogP contribution in [0.15, 0.2) is 0 Å². The monoisotopic (exact) mass is 205 g/mol. The number of hydrogen-bond donors (Lipinski definition) is 2. The Labute approximate surface area is 78.3 Å². The van der Waals surface area contributed by atoms with Gasteiger partial charge in [-0.25, -0.2) is 8.42 Å². The quantitative estimate of drug-likeness (QED) is 0.627. The normalized spacial score (nSPS) is 29.6. The van der Waals surface area contributed by atoms with E-state index < -0.39 is 9.84 Å². The molecule has 13 heavy (non-hydrogen) atoms. The summed E-state index contributed by atoms with van der Waals surface area (Å²) in [5.41, 5.74) is 0.0827. The molecule has 5 heteroatoms. The Morgan fingerprint density at radius 1 is 1.38 bits per heavy atom. The highest BCUT2D eigenvalue weighted by Gasteiger charge is 2.43. The van der Waals surface area contributed by atoms with Crippen LogP contribution < -0.4 is 5.32 Å². The van der Waals surface area contributed by atoms with Crippen LogP contribution in [0.4, 0.5) is 0 Å². The predicted molar refractivity (Wildman–Crippen MR) is 49.2 cm³/mol. The average molecular weight is 205 g/mol. The molecule has 1 heterocycles. The molecule has 0 aromatic rings. The zero-order valence-corrected chi connectivity index (χ0v) is 8.31. The topological polar surface area (TPSA) is 66.4 Å². The SMILES string of the molecule is O=S1(=O)CC(NCC2(CO)CC2)C1. The van der Waals surface area contributed by atoms with E-state index in [2.05, 4.69) is 5.32 Å². The van der Waals surface area contributed by atoms with Crippen molar-refractivity contribution in [2.24, 2.45) is 5.41 Å². The van der Waals surface area contributed by atoms with Crippen molar-refractivity contribution < 1.29 is 13.5 Å². The maximum absolute atomic E-state index is 10.8. The molecule has 1 saturated carbocycles. The molecular weight excluding hydrogens is 190 g/mol. The van der Waals surface area contributed by atoms with Crippen LogP contribution in [0.3, 0.4) is 0 Å². The van der Waals surface area contributed by atoms with Crippen LogP contribution in [0.1, 0.15) is 12.8 Å². The molecule has 0 spiro atoms. The van der Waals surface area contributed by atoms with E-state index in [9.17, 15) is 8.42 Å². The summed E-state index contributed by atoms with van der Waals surface area (Å²) in [5.74, 6) is 0.545. The molecule has 4 nitrogen and oxygen atoms in total. The van der Waals surface area contributed by atoms with Crippen molar-refractivity contribution in [2.75, 3.05) is 24.7 Å². The van der Waals surface area contributed by atoms with E-state index in [0.717, 1.165) is 19.4 Å². The molecule has 2 aliphatic rings. The summed E-state index contributed by atoms with van der Waals surface area (Å²) in [4.78, 5) is 0. The Hall–Kier alpha value is -0.130. The molecule has 0 aromatic carbocycles. The standard InChI is InChI=1S/C8H15NO3S/c10-6-8(1-2-8)5-9-7-3-13(11,12)4-7/h7,9-10H,1-6H2. The summed E-state index contributed by atoms with van der Waals surface area (Å²) in [5, 5.41) is 12.2. The van der Waals surface area contributed by atoms with E-state index in [1.165, 1.54) is 0 Å². The van der Waals surface area contributed by atoms with Crippen LogP contribution in [0.5, 0.6) is 0 Å². The Morgan fingerprint density at radius 3 is 2.38 bits per heavy atom. The number of aliphatic hydroxyl groups is 1. The van der Waals surface area contributed by atoms with Gasteiger partial charge < -0.3 is 10.4 Å². The minimum absolute atomic E-state index is 0.0827. The summed E-state index contributed by atoms with van der Waals surface area (Å²) in [6.45, 7) is 0.989.